The van der Waals surface area contributed by atoms with Gasteiger partial charge in [-0.3, -0.25) is 0 Å². The van der Waals surface area contributed by atoms with Crippen LogP contribution in [-0.2, 0) is 9.47 Å². The SMILES string of the molecule is CCOC(=O)c1oc2cccc(OCCCN(C(=O)OC(C)(C)C)C(C)(C)C)c2c1C. The van der Waals surface area contributed by atoms with Crippen LogP contribution in [0.25, 0.3) is 11.0 Å². The number of hydrogen-bond donors (Lipinski definition) is 0. The van der Waals surface area contributed by atoms with Crippen molar-refractivity contribution >= 4 is 23.0 Å². The van der Waals surface area contributed by atoms with Crippen molar-refractivity contribution in [1.82, 2.24) is 4.90 Å². The van der Waals surface area contributed by atoms with Gasteiger partial charge < -0.3 is 23.5 Å². The molecule has 0 atom stereocenters. The number of hydrogen-bond acceptors (Lipinski definition) is 6. The summed E-state index contributed by atoms with van der Waals surface area (Å²) in [5.74, 6) is 0.339. The van der Waals surface area contributed by atoms with Gasteiger partial charge in [0.1, 0.15) is 16.9 Å². The molecule has 1 heterocycles. The van der Waals surface area contributed by atoms with E-state index >= 15 is 0 Å². The van der Waals surface area contributed by atoms with Crippen LogP contribution in [0.4, 0.5) is 4.79 Å². The molecule has 7 nitrogen and oxygen atoms in total. The molecule has 0 fully saturated rings. The second kappa shape index (κ2) is 9.62. The van der Waals surface area contributed by atoms with Crippen molar-refractivity contribution in [1.29, 1.82) is 0 Å². The summed E-state index contributed by atoms with van der Waals surface area (Å²) in [6.07, 6.45) is 0.279. The lowest BCUT2D eigenvalue weighted by atomic mass is 10.1. The lowest BCUT2D eigenvalue weighted by Crippen LogP contribution is -2.48. The number of ether oxygens (including phenoxy) is 3. The van der Waals surface area contributed by atoms with E-state index in [0.717, 1.165) is 5.39 Å². The first-order chi connectivity index (χ1) is 14.3. The maximum absolute atomic E-state index is 12.6. The van der Waals surface area contributed by atoms with Gasteiger partial charge in [-0.05, 0) is 73.9 Å². The van der Waals surface area contributed by atoms with Gasteiger partial charge in [0.05, 0.1) is 18.6 Å². The van der Waals surface area contributed by atoms with E-state index in [-0.39, 0.29) is 24.0 Å². The van der Waals surface area contributed by atoms with E-state index in [1.165, 1.54) is 0 Å². The third-order valence-corrected chi connectivity index (χ3v) is 4.58. The molecule has 1 aromatic carbocycles. The fraction of sp³-hybridized carbons (Fsp3) is 0.583. The van der Waals surface area contributed by atoms with Crippen LogP contribution < -0.4 is 4.74 Å². The van der Waals surface area contributed by atoms with E-state index in [4.69, 9.17) is 18.6 Å². The Morgan fingerprint density at radius 1 is 1.10 bits per heavy atom. The number of benzene rings is 1. The zero-order valence-electron chi connectivity index (χ0n) is 20.0. The molecular weight excluding hydrogens is 398 g/mol. The molecule has 7 heteroatoms. The molecule has 0 aliphatic rings. The molecule has 0 radical (unpaired) electrons. The van der Waals surface area contributed by atoms with Gasteiger partial charge in [0.25, 0.3) is 0 Å². The van der Waals surface area contributed by atoms with Crippen molar-refractivity contribution in [2.45, 2.75) is 73.0 Å². The average Bonchev–Trinajstić information content (AvgIpc) is 2.96. The molecule has 0 aliphatic carbocycles. The number of fused-ring (bicyclic) bond motifs is 1. The van der Waals surface area contributed by atoms with Crippen LogP contribution in [-0.4, -0.2) is 47.9 Å². The Labute approximate surface area is 184 Å². The van der Waals surface area contributed by atoms with E-state index in [2.05, 4.69) is 0 Å². The molecule has 0 saturated carbocycles. The summed E-state index contributed by atoms with van der Waals surface area (Å²) < 4.78 is 22.3. The summed E-state index contributed by atoms with van der Waals surface area (Å²) in [5, 5.41) is 0.755. The smallest absolute Gasteiger partial charge is 0.410 e. The second-order valence-corrected chi connectivity index (χ2v) is 9.41. The molecule has 0 N–H and O–H groups in total. The number of carbonyl (C=O) groups excluding carboxylic acids is 2. The van der Waals surface area contributed by atoms with Gasteiger partial charge >= 0.3 is 12.1 Å². The van der Waals surface area contributed by atoms with Gasteiger partial charge in [0.15, 0.2) is 0 Å². The normalized spacial score (nSPS) is 12.0. The van der Waals surface area contributed by atoms with Gasteiger partial charge in [-0.1, -0.05) is 6.07 Å². The van der Waals surface area contributed by atoms with Crippen LogP contribution in [0.15, 0.2) is 22.6 Å². The van der Waals surface area contributed by atoms with E-state index in [0.29, 0.717) is 36.5 Å². The highest BCUT2D eigenvalue weighted by Gasteiger charge is 2.30. The maximum atomic E-state index is 12.6. The molecule has 172 valence electrons. The average molecular weight is 434 g/mol. The highest BCUT2D eigenvalue weighted by atomic mass is 16.6. The number of carbonyl (C=O) groups is 2. The fourth-order valence-electron chi connectivity index (χ4n) is 3.20. The Morgan fingerprint density at radius 2 is 1.77 bits per heavy atom. The quantitative estimate of drug-likeness (QED) is 0.410. The van der Waals surface area contributed by atoms with E-state index in [1.807, 2.05) is 60.6 Å². The van der Waals surface area contributed by atoms with Gasteiger partial charge in [-0.25, -0.2) is 9.59 Å². The molecule has 0 saturated heterocycles. The Balaban J connectivity index is 2.09. The lowest BCUT2D eigenvalue weighted by Gasteiger charge is -2.36. The largest absolute Gasteiger partial charge is 0.493 e. The maximum Gasteiger partial charge on any atom is 0.410 e. The molecular formula is C24H35NO6. The molecule has 0 unspecified atom stereocenters. The molecule has 0 bridgehead atoms. The monoisotopic (exact) mass is 433 g/mol. The minimum absolute atomic E-state index is 0.191. The number of esters is 1. The van der Waals surface area contributed by atoms with Crippen molar-refractivity contribution in [2.24, 2.45) is 0 Å². The third-order valence-electron chi connectivity index (χ3n) is 4.58. The summed E-state index contributed by atoms with van der Waals surface area (Å²) in [4.78, 5) is 26.5. The van der Waals surface area contributed by atoms with Crippen molar-refractivity contribution < 1.29 is 28.2 Å². The van der Waals surface area contributed by atoms with Crippen LogP contribution in [0.2, 0.25) is 0 Å². The number of rotatable bonds is 7. The van der Waals surface area contributed by atoms with Crippen molar-refractivity contribution in [3.05, 3.63) is 29.5 Å². The number of amides is 1. The molecule has 31 heavy (non-hydrogen) atoms. The zero-order chi connectivity index (χ0) is 23.4. The Hall–Kier alpha value is -2.70. The first-order valence-electron chi connectivity index (χ1n) is 10.7. The van der Waals surface area contributed by atoms with Gasteiger partial charge in [-0.2, -0.15) is 0 Å². The van der Waals surface area contributed by atoms with Crippen molar-refractivity contribution in [2.75, 3.05) is 19.8 Å². The number of aryl methyl sites for hydroxylation is 1. The van der Waals surface area contributed by atoms with E-state index in [9.17, 15) is 9.59 Å². The van der Waals surface area contributed by atoms with E-state index < -0.39 is 11.6 Å². The molecule has 0 aliphatic heterocycles. The second-order valence-electron chi connectivity index (χ2n) is 9.41. The predicted molar refractivity (Wildman–Crippen MR) is 120 cm³/mol. The first-order valence-corrected chi connectivity index (χ1v) is 10.7. The van der Waals surface area contributed by atoms with E-state index in [1.54, 1.807) is 17.9 Å². The summed E-state index contributed by atoms with van der Waals surface area (Å²) in [6, 6.07) is 5.45. The lowest BCUT2D eigenvalue weighted by molar-refractivity contribution is 0.00519. The molecule has 2 aromatic rings. The Bertz CT molecular complexity index is 917. The fourth-order valence-corrected chi connectivity index (χ4v) is 3.20. The Kier molecular flexibility index (Phi) is 7.63. The van der Waals surface area contributed by atoms with Crippen LogP contribution in [0.1, 0.15) is 71.0 Å². The molecule has 2 rings (SSSR count). The standard InChI is InChI=1S/C24H35NO6/c1-9-28-21(26)20-16(2)19-17(12-10-13-18(19)30-20)29-15-11-14-25(23(3,4)5)22(27)31-24(6,7)8/h10,12-13H,9,11,14-15H2,1-8H3. The summed E-state index contributed by atoms with van der Waals surface area (Å²) in [7, 11) is 0. The summed E-state index contributed by atoms with van der Waals surface area (Å²) in [5.41, 5.74) is 0.331. The minimum Gasteiger partial charge on any atom is -0.493 e. The third kappa shape index (κ3) is 6.39. The topological polar surface area (TPSA) is 78.2 Å². The van der Waals surface area contributed by atoms with Gasteiger partial charge in [0.2, 0.25) is 5.76 Å². The van der Waals surface area contributed by atoms with Gasteiger partial charge in [-0.15, -0.1) is 0 Å². The van der Waals surface area contributed by atoms with Crippen molar-refractivity contribution in [3.8, 4) is 5.75 Å². The Morgan fingerprint density at radius 3 is 2.35 bits per heavy atom. The van der Waals surface area contributed by atoms with Crippen LogP contribution in [0.3, 0.4) is 0 Å². The molecule has 1 aromatic heterocycles. The van der Waals surface area contributed by atoms with Crippen LogP contribution >= 0.6 is 0 Å². The zero-order valence-corrected chi connectivity index (χ0v) is 20.0. The number of nitrogens with zero attached hydrogens (tertiary/aromatic N) is 1. The molecule has 1 amide bonds. The van der Waals surface area contributed by atoms with Crippen LogP contribution in [0.5, 0.6) is 5.75 Å². The first kappa shape index (κ1) is 24.6. The molecule has 0 spiro atoms. The summed E-state index contributed by atoms with van der Waals surface area (Å²) in [6.45, 7) is 16.2. The highest BCUT2D eigenvalue weighted by Crippen LogP contribution is 2.33. The van der Waals surface area contributed by atoms with Crippen LogP contribution in [0, 0.1) is 6.92 Å². The minimum atomic E-state index is -0.553. The number of furan rings is 1. The van der Waals surface area contributed by atoms with Crippen molar-refractivity contribution in [3.63, 3.8) is 0 Å². The predicted octanol–water partition coefficient (Wildman–Crippen LogP) is 5.72. The van der Waals surface area contributed by atoms with Gasteiger partial charge in [0, 0.05) is 17.6 Å². The summed E-state index contributed by atoms with van der Waals surface area (Å²) >= 11 is 0. The highest BCUT2D eigenvalue weighted by molar-refractivity contribution is 5.98.